The lowest BCUT2D eigenvalue weighted by Crippen LogP contribution is -2.45. The Bertz CT molecular complexity index is 1220. The zero-order valence-electron chi connectivity index (χ0n) is 17.5. The van der Waals surface area contributed by atoms with Gasteiger partial charge in [0.1, 0.15) is 0 Å². The Kier molecular flexibility index (Phi) is 5.57. The highest BCUT2D eigenvalue weighted by molar-refractivity contribution is 7.91. The number of hydrogen-bond acceptors (Lipinski definition) is 7. The average molecular weight is 460 g/mol. The van der Waals surface area contributed by atoms with Gasteiger partial charge in [0.25, 0.3) is 0 Å². The van der Waals surface area contributed by atoms with E-state index in [0.29, 0.717) is 17.2 Å². The van der Waals surface area contributed by atoms with Crippen molar-refractivity contribution < 1.29 is 17.9 Å². The third-order valence-corrected chi connectivity index (χ3v) is 7.40. The van der Waals surface area contributed by atoms with Crippen LogP contribution in [0.2, 0.25) is 0 Å². The largest absolute Gasteiger partial charge is 0.379 e. The highest BCUT2D eigenvalue weighted by Gasteiger charge is 2.26. The third kappa shape index (κ3) is 4.47. The van der Waals surface area contributed by atoms with Gasteiger partial charge in [0.15, 0.2) is 21.4 Å². The highest BCUT2D eigenvalue weighted by atomic mass is 32.2. The quantitative estimate of drug-likeness (QED) is 0.530. The van der Waals surface area contributed by atoms with Gasteiger partial charge >= 0.3 is 6.03 Å². The summed E-state index contributed by atoms with van der Waals surface area (Å²) in [7, 11) is -3.05. The minimum absolute atomic E-state index is 0.0188. The van der Waals surface area contributed by atoms with Crippen molar-refractivity contribution in [1.29, 1.82) is 0 Å². The molecule has 0 saturated carbocycles. The molecule has 11 nitrogen and oxygen atoms in total. The van der Waals surface area contributed by atoms with Gasteiger partial charge in [-0.3, -0.25) is 10.00 Å². The number of morpholine rings is 1. The number of imidazole rings is 1. The number of aromatic amines is 2. The first kappa shape index (κ1) is 20.9. The molecule has 2 aromatic heterocycles. The average Bonchev–Trinajstić information content (AvgIpc) is 3.40. The summed E-state index contributed by atoms with van der Waals surface area (Å²) in [6, 6.07) is 5.79. The van der Waals surface area contributed by atoms with Crippen molar-refractivity contribution in [1.82, 2.24) is 30.0 Å². The topological polar surface area (TPSA) is 136 Å². The number of carbonyl (C=O) groups is 1. The third-order valence-electron chi connectivity index (χ3n) is 5.80. The number of H-pyrrole nitrogens is 2. The number of benzene rings is 1. The molecule has 2 fully saturated rings. The van der Waals surface area contributed by atoms with Crippen LogP contribution in [0.3, 0.4) is 0 Å². The molecule has 12 heteroatoms. The van der Waals surface area contributed by atoms with E-state index in [2.05, 4.69) is 42.5 Å². The summed E-state index contributed by atoms with van der Waals surface area (Å²) >= 11 is 0. The van der Waals surface area contributed by atoms with Gasteiger partial charge in [0.2, 0.25) is 0 Å². The van der Waals surface area contributed by atoms with Gasteiger partial charge in [-0.05, 0) is 17.7 Å². The molecular weight excluding hydrogens is 434 g/mol. The zero-order valence-corrected chi connectivity index (χ0v) is 18.3. The van der Waals surface area contributed by atoms with Crippen LogP contribution in [0.4, 0.5) is 10.5 Å². The molecular formula is C20H25N7O4S. The number of rotatable bonds is 4. The van der Waals surface area contributed by atoms with Gasteiger partial charge in [-0.2, -0.15) is 5.10 Å². The van der Waals surface area contributed by atoms with Crippen LogP contribution in [-0.2, 0) is 21.1 Å². The molecule has 2 aliphatic rings. The number of carbonyl (C=O) groups excluding carboxylic acids is 1. The van der Waals surface area contributed by atoms with Crippen LogP contribution in [0.15, 0.2) is 24.4 Å². The van der Waals surface area contributed by atoms with Gasteiger partial charge in [-0.25, -0.2) is 18.2 Å². The van der Waals surface area contributed by atoms with Crippen LogP contribution in [-0.4, -0.2) is 95.3 Å². The van der Waals surface area contributed by atoms with Crippen molar-refractivity contribution in [3.05, 3.63) is 30.0 Å². The summed E-state index contributed by atoms with van der Waals surface area (Å²) in [6.07, 6.45) is 1.59. The first-order valence-corrected chi connectivity index (χ1v) is 12.4. The fourth-order valence-electron chi connectivity index (χ4n) is 3.95. The molecule has 0 atom stereocenters. The van der Waals surface area contributed by atoms with Crippen molar-refractivity contribution in [3.63, 3.8) is 0 Å². The van der Waals surface area contributed by atoms with E-state index in [0.717, 1.165) is 43.9 Å². The van der Waals surface area contributed by atoms with E-state index in [1.54, 1.807) is 6.20 Å². The molecule has 1 aromatic carbocycles. The Morgan fingerprint density at radius 1 is 1.16 bits per heavy atom. The molecule has 3 aromatic rings. The molecule has 3 N–H and O–H groups in total. The number of hydrogen-bond donors (Lipinski definition) is 3. The van der Waals surface area contributed by atoms with E-state index in [1.165, 1.54) is 10.5 Å². The molecule has 170 valence electrons. The lowest BCUT2D eigenvalue weighted by Gasteiger charge is -2.26. The number of aromatic nitrogens is 4. The molecule has 2 aliphatic heterocycles. The molecule has 2 saturated heterocycles. The second-order valence-electron chi connectivity index (χ2n) is 8.04. The fraction of sp³-hybridized carbons (Fsp3) is 0.450. The van der Waals surface area contributed by atoms with Gasteiger partial charge in [-0.15, -0.1) is 0 Å². The van der Waals surface area contributed by atoms with Crippen LogP contribution < -0.4 is 5.32 Å². The maximum Gasteiger partial charge on any atom is 0.322 e. The van der Waals surface area contributed by atoms with E-state index < -0.39 is 9.84 Å². The molecule has 0 aliphatic carbocycles. The van der Waals surface area contributed by atoms with Crippen molar-refractivity contribution in [3.8, 4) is 11.5 Å². The van der Waals surface area contributed by atoms with Gasteiger partial charge in [0.05, 0.1) is 41.4 Å². The first-order valence-electron chi connectivity index (χ1n) is 10.6. The molecule has 0 radical (unpaired) electrons. The van der Waals surface area contributed by atoms with Gasteiger partial charge < -0.3 is 19.9 Å². The lowest BCUT2D eigenvalue weighted by molar-refractivity contribution is 0.0342. The Morgan fingerprint density at radius 3 is 2.72 bits per heavy atom. The normalized spacial score (nSPS) is 19.3. The fourth-order valence-corrected chi connectivity index (χ4v) is 5.16. The molecule has 5 rings (SSSR count). The van der Waals surface area contributed by atoms with Crippen molar-refractivity contribution in [2.24, 2.45) is 0 Å². The first-order chi connectivity index (χ1) is 15.5. The van der Waals surface area contributed by atoms with Gasteiger partial charge in [0, 0.05) is 38.9 Å². The number of amides is 2. The van der Waals surface area contributed by atoms with Crippen LogP contribution in [0.5, 0.6) is 0 Å². The molecule has 0 unspecified atom stereocenters. The molecule has 2 amide bonds. The summed E-state index contributed by atoms with van der Waals surface area (Å²) in [5.74, 6) is 0.505. The lowest BCUT2D eigenvalue weighted by atomic mass is 10.2. The maximum absolute atomic E-state index is 12.6. The number of anilines is 1. The minimum atomic E-state index is -3.05. The number of ether oxygens (including phenoxy) is 1. The Labute approximate surface area is 185 Å². The number of urea groups is 1. The number of nitrogens with one attached hydrogen (secondary N) is 3. The smallest absolute Gasteiger partial charge is 0.322 e. The van der Waals surface area contributed by atoms with Crippen molar-refractivity contribution in [2.75, 3.05) is 56.2 Å². The Balaban J connectivity index is 1.31. The minimum Gasteiger partial charge on any atom is -0.379 e. The van der Waals surface area contributed by atoms with E-state index in [9.17, 15) is 13.2 Å². The van der Waals surface area contributed by atoms with Gasteiger partial charge in [-0.1, -0.05) is 6.07 Å². The van der Waals surface area contributed by atoms with Crippen molar-refractivity contribution in [2.45, 2.75) is 6.54 Å². The summed E-state index contributed by atoms with van der Waals surface area (Å²) < 4.78 is 28.6. The predicted octanol–water partition coefficient (Wildman–Crippen LogP) is 1.05. The van der Waals surface area contributed by atoms with E-state index >= 15 is 0 Å². The molecule has 0 bridgehead atoms. The molecule has 4 heterocycles. The Hall–Kier alpha value is -2.96. The summed E-state index contributed by atoms with van der Waals surface area (Å²) in [5.41, 5.74) is 3.86. The SMILES string of the molecule is O=C(Nc1c[nH]nc1-c1nc2cc(CN3CCOCC3)ccc2[nH]1)N1CCS(=O)(=O)CC1. The zero-order chi connectivity index (χ0) is 22.1. The van der Waals surface area contributed by atoms with Crippen LogP contribution in [0.1, 0.15) is 5.56 Å². The van der Waals surface area contributed by atoms with Crippen molar-refractivity contribution >= 4 is 32.6 Å². The maximum atomic E-state index is 12.6. The molecule has 0 spiro atoms. The standard InChI is InChI=1S/C20H25N7O4S/c28-20(27-5-9-32(29,30)10-6-27)24-17-12-21-25-18(17)19-22-15-2-1-14(11-16(15)23-19)13-26-3-7-31-8-4-26/h1-2,11-12H,3-10,13H2,(H,21,25)(H,22,23)(H,24,28). The summed E-state index contributed by atoms with van der Waals surface area (Å²) in [4.78, 5) is 24.4. The number of fused-ring (bicyclic) bond motifs is 1. The second-order valence-corrected chi connectivity index (χ2v) is 10.3. The molecule has 32 heavy (non-hydrogen) atoms. The second kappa shape index (κ2) is 8.52. The number of sulfone groups is 1. The predicted molar refractivity (Wildman–Crippen MR) is 119 cm³/mol. The highest BCUT2D eigenvalue weighted by Crippen LogP contribution is 2.26. The van der Waals surface area contributed by atoms with E-state index in [-0.39, 0.29) is 30.6 Å². The van der Waals surface area contributed by atoms with Crippen LogP contribution >= 0.6 is 0 Å². The monoisotopic (exact) mass is 459 g/mol. The summed E-state index contributed by atoms with van der Waals surface area (Å²) in [6.45, 7) is 4.56. The number of nitrogens with zero attached hydrogens (tertiary/aromatic N) is 4. The van der Waals surface area contributed by atoms with E-state index in [1.807, 2.05) is 6.07 Å². The van der Waals surface area contributed by atoms with E-state index in [4.69, 9.17) is 4.74 Å². The van der Waals surface area contributed by atoms with Crippen LogP contribution in [0.25, 0.3) is 22.6 Å². The van der Waals surface area contributed by atoms with Crippen LogP contribution in [0, 0.1) is 0 Å². The summed E-state index contributed by atoms with van der Waals surface area (Å²) in [5, 5.41) is 9.84. The Morgan fingerprint density at radius 2 is 1.94 bits per heavy atom.